The third-order valence-electron chi connectivity index (χ3n) is 3.71. The summed E-state index contributed by atoms with van der Waals surface area (Å²) in [5.74, 6) is -0.591. The van der Waals surface area contributed by atoms with E-state index in [9.17, 15) is 9.59 Å². The molecule has 1 amide bonds. The van der Waals surface area contributed by atoms with Crippen LogP contribution in [0, 0.1) is 0 Å². The van der Waals surface area contributed by atoms with E-state index >= 15 is 0 Å². The smallest absolute Gasteiger partial charge is 0.334 e. The normalized spacial score (nSPS) is 17.5. The SMILES string of the molecule is O=C(O)[C@H]1CN(C(=O)c2occc2COc2ccccc2)CCO1. The first kappa shape index (κ1) is 16.1. The van der Waals surface area contributed by atoms with Crippen molar-refractivity contribution in [2.45, 2.75) is 12.7 Å². The van der Waals surface area contributed by atoms with Gasteiger partial charge in [-0.1, -0.05) is 18.2 Å². The number of para-hydroxylation sites is 1. The molecule has 7 heteroatoms. The van der Waals surface area contributed by atoms with Gasteiger partial charge in [-0.05, 0) is 18.2 Å². The third-order valence-corrected chi connectivity index (χ3v) is 3.71. The lowest BCUT2D eigenvalue weighted by molar-refractivity contribution is -0.154. The van der Waals surface area contributed by atoms with E-state index in [-0.39, 0.29) is 31.4 Å². The van der Waals surface area contributed by atoms with Gasteiger partial charge in [0.25, 0.3) is 5.91 Å². The van der Waals surface area contributed by atoms with Gasteiger partial charge in [-0.25, -0.2) is 4.79 Å². The molecule has 0 bridgehead atoms. The molecule has 7 nitrogen and oxygen atoms in total. The van der Waals surface area contributed by atoms with Crippen LogP contribution in [0.5, 0.6) is 5.75 Å². The Hall–Kier alpha value is -2.80. The van der Waals surface area contributed by atoms with Gasteiger partial charge in [0.05, 0.1) is 19.4 Å². The van der Waals surface area contributed by atoms with Crippen LogP contribution in [0.25, 0.3) is 0 Å². The molecule has 1 saturated heterocycles. The van der Waals surface area contributed by atoms with Crippen molar-refractivity contribution in [3.05, 3.63) is 54.0 Å². The first-order chi connectivity index (χ1) is 11.6. The summed E-state index contributed by atoms with van der Waals surface area (Å²) in [6.45, 7) is 0.684. The van der Waals surface area contributed by atoms with Crippen molar-refractivity contribution < 1.29 is 28.6 Å². The highest BCUT2D eigenvalue weighted by Gasteiger charge is 2.31. The third kappa shape index (κ3) is 3.57. The molecular formula is C17H17NO6. The monoisotopic (exact) mass is 331 g/mol. The van der Waals surface area contributed by atoms with Crippen LogP contribution in [0.4, 0.5) is 0 Å². The minimum Gasteiger partial charge on any atom is -0.489 e. The van der Waals surface area contributed by atoms with Crippen molar-refractivity contribution in [3.63, 3.8) is 0 Å². The zero-order valence-corrected chi connectivity index (χ0v) is 12.9. The molecule has 0 spiro atoms. The summed E-state index contributed by atoms with van der Waals surface area (Å²) in [6.07, 6.45) is 0.410. The van der Waals surface area contributed by atoms with Crippen LogP contribution in [-0.2, 0) is 16.1 Å². The minimum absolute atomic E-state index is 0.00610. The molecule has 0 radical (unpaired) electrons. The van der Waals surface area contributed by atoms with Crippen molar-refractivity contribution in [2.75, 3.05) is 19.7 Å². The van der Waals surface area contributed by atoms with E-state index in [0.717, 1.165) is 0 Å². The van der Waals surface area contributed by atoms with Crippen LogP contribution in [0.15, 0.2) is 47.1 Å². The first-order valence-corrected chi connectivity index (χ1v) is 7.53. The molecule has 0 unspecified atom stereocenters. The number of furan rings is 1. The van der Waals surface area contributed by atoms with Crippen molar-refractivity contribution >= 4 is 11.9 Å². The van der Waals surface area contributed by atoms with E-state index < -0.39 is 12.1 Å². The van der Waals surface area contributed by atoms with Gasteiger partial charge >= 0.3 is 5.97 Å². The van der Waals surface area contributed by atoms with Gasteiger partial charge in [0.1, 0.15) is 12.4 Å². The molecule has 0 saturated carbocycles. The maximum absolute atomic E-state index is 12.6. The molecule has 1 aromatic carbocycles. The van der Waals surface area contributed by atoms with Crippen molar-refractivity contribution in [1.82, 2.24) is 4.90 Å². The highest BCUT2D eigenvalue weighted by molar-refractivity contribution is 5.93. The minimum atomic E-state index is -1.08. The summed E-state index contributed by atoms with van der Waals surface area (Å²) in [5.41, 5.74) is 0.613. The fourth-order valence-electron chi connectivity index (χ4n) is 2.44. The molecule has 1 aliphatic rings. The lowest BCUT2D eigenvalue weighted by atomic mass is 10.2. The molecule has 2 heterocycles. The molecule has 1 atom stereocenters. The molecular weight excluding hydrogens is 314 g/mol. The van der Waals surface area contributed by atoms with Gasteiger partial charge in [-0.2, -0.15) is 0 Å². The number of ether oxygens (including phenoxy) is 2. The zero-order valence-electron chi connectivity index (χ0n) is 12.9. The Bertz CT molecular complexity index is 711. The number of carboxylic acids is 1. The zero-order chi connectivity index (χ0) is 16.9. The van der Waals surface area contributed by atoms with Crippen molar-refractivity contribution in [3.8, 4) is 5.75 Å². The van der Waals surface area contributed by atoms with Gasteiger partial charge in [0.15, 0.2) is 11.9 Å². The van der Waals surface area contributed by atoms with Gasteiger partial charge in [0.2, 0.25) is 0 Å². The second-order valence-electron chi connectivity index (χ2n) is 5.33. The number of rotatable bonds is 5. The number of aliphatic carboxylic acids is 1. The second kappa shape index (κ2) is 7.18. The molecule has 1 aliphatic heterocycles. The number of morpholine rings is 1. The average molecular weight is 331 g/mol. The number of nitrogens with zero attached hydrogens (tertiary/aromatic N) is 1. The fraction of sp³-hybridized carbons (Fsp3) is 0.294. The number of hydrogen-bond donors (Lipinski definition) is 1. The predicted octanol–water partition coefficient (Wildman–Crippen LogP) is 1.78. The first-order valence-electron chi connectivity index (χ1n) is 7.53. The van der Waals surface area contributed by atoms with E-state index in [0.29, 0.717) is 17.9 Å². The Labute approximate surface area is 138 Å². The summed E-state index contributed by atoms with van der Waals surface area (Å²) in [7, 11) is 0. The number of carbonyl (C=O) groups is 2. The van der Waals surface area contributed by atoms with Gasteiger partial charge in [-0.15, -0.1) is 0 Å². The van der Waals surface area contributed by atoms with Crippen LogP contribution in [0.1, 0.15) is 16.1 Å². The Kier molecular flexibility index (Phi) is 4.81. The van der Waals surface area contributed by atoms with Gasteiger partial charge < -0.3 is 23.9 Å². The maximum Gasteiger partial charge on any atom is 0.334 e. The highest BCUT2D eigenvalue weighted by atomic mass is 16.5. The Morgan fingerprint density at radius 1 is 1.25 bits per heavy atom. The van der Waals surface area contributed by atoms with Gasteiger partial charge in [-0.3, -0.25) is 4.79 Å². The topological polar surface area (TPSA) is 89.2 Å². The maximum atomic E-state index is 12.6. The summed E-state index contributed by atoms with van der Waals surface area (Å²) in [5, 5.41) is 9.03. The molecule has 126 valence electrons. The van der Waals surface area contributed by atoms with E-state index in [2.05, 4.69) is 0 Å². The fourth-order valence-corrected chi connectivity index (χ4v) is 2.44. The largest absolute Gasteiger partial charge is 0.489 e. The van der Waals surface area contributed by atoms with E-state index in [1.54, 1.807) is 6.07 Å². The Morgan fingerprint density at radius 3 is 2.79 bits per heavy atom. The van der Waals surface area contributed by atoms with E-state index in [1.165, 1.54) is 11.2 Å². The van der Waals surface area contributed by atoms with Crippen molar-refractivity contribution in [1.29, 1.82) is 0 Å². The molecule has 1 aromatic heterocycles. The van der Waals surface area contributed by atoms with Crippen LogP contribution < -0.4 is 4.74 Å². The number of amides is 1. The molecule has 3 rings (SSSR count). The van der Waals surface area contributed by atoms with Gasteiger partial charge in [0, 0.05) is 12.1 Å². The van der Waals surface area contributed by atoms with Crippen molar-refractivity contribution in [2.24, 2.45) is 0 Å². The summed E-state index contributed by atoms with van der Waals surface area (Å²) in [6, 6.07) is 10.9. The molecule has 24 heavy (non-hydrogen) atoms. The molecule has 0 aliphatic carbocycles. The van der Waals surface area contributed by atoms with Crippen LogP contribution in [0.3, 0.4) is 0 Å². The lowest BCUT2D eigenvalue weighted by Gasteiger charge is -2.30. The predicted molar refractivity (Wildman–Crippen MR) is 82.8 cm³/mol. The number of carboxylic acid groups (broad SMARTS) is 1. The highest BCUT2D eigenvalue weighted by Crippen LogP contribution is 2.19. The Morgan fingerprint density at radius 2 is 2.04 bits per heavy atom. The van der Waals surface area contributed by atoms with Crippen LogP contribution >= 0.6 is 0 Å². The number of benzene rings is 1. The average Bonchev–Trinajstić information content (AvgIpc) is 3.09. The van der Waals surface area contributed by atoms with Crippen LogP contribution in [0.2, 0.25) is 0 Å². The van der Waals surface area contributed by atoms with E-state index in [1.807, 2.05) is 30.3 Å². The Balaban J connectivity index is 1.67. The van der Waals surface area contributed by atoms with Crippen LogP contribution in [-0.4, -0.2) is 47.7 Å². The molecule has 1 N–H and O–H groups in total. The number of hydrogen-bond acceptors (Lipinski definition) is 5. The second-order valence-corrected chi connectivity index (χ2v) is 5.33. The lowest BCUT2D eigenvalue weighted by Crippen LogP contribution is -2.48. The molecule has 2 aromatic rings. The summed E-state index contributed by atoms with van der Waals surface area (Å²) >= 11 is 0. The summed E-state index contributed by atoms with van der Waals surface area (Å²) in [4.78, 5) is 25.0. The molecule has 1 fully saturated rings. The van der Waals surface area contributed by atoms with E-state index in [4.69, 9.17) is 19.0 Å². The number of carbonyl (C=O) groups excluding carboxylic acids is 1. The quantitative estimate of drug-likeness (QED) is 0.898. The summed E-state index contributed by atoms with van der Waals surface area (Å²) < 4.78 is 16.1. The standard InChI is InChI=1S/C17H17NO6/c19-16(18-7-9-22-14(10-18)17(20)21)15-12(6-8-23-15)11-24-13-4-2-1-3-5-13/h1-6,8,14H,7,9-11H2,(H,20,21)/t14-/m1/s1.